The Bertz CT molecular complexity index is 598. The molecule has 0 spiro atoms. The lowest BCUT2D eigenvalue weighted by Gasteiger charge is -2.17. The fourth-order valence-corrected chi connectivity index (χ4v) is 2.90. The first kappa shape index (κ1) is 19.9. The summed E-state index contributed by atoms with van der Waals surface area (Å²) in [6, 6.07) is 10.9. The Balaban J connectivity index is 0.00000264. The maximum atomic E-state index is 4.35. The van der Waals surface area contributed by atoms with Gasteiger partial charge in [0.1, 0.15) is 5.01 Å². The van der Waals surface area contributed by atoms with Crippen LogP contribution in [0.1, 0.15) is 28.8 Å². The third-order valence-electron chi connectivity index (χ3n) is 3.39. The third-order valence-corrected chi connectivity index (χ3v) is 4.30. The number of aromatic nitrogens is 1. The molecule has 1 atom stereocenters. The molecule has 0 radical (unpaired) electrons. The monoisotopic (exact) mass is 444 g/mol. The summed E-state index contributed by atoms with van der Waals surface area (Å²) in [5.41, 5.74) is 1.37. The van der Waals surface area contributed by atoms with Gasteiger partial charge in [-0.25, -0.2) is 4.98 Å². The molecule has 0 amide bonds. The fourth-order valence-electron chi connectivity index (χ4n) is 2.17. The van der Waals surface area contributed by atoms with E-state index in [0.29, 0.717) is 12.6 Å². The van der Waals surface area contributed by atoms with Gasteiger partial charge in [-0.1, -0.05) is 30.3 Å². The highest BCUT2D eigenvalue weighted by Crippen LogP contribution is 2.10. The molecule has 4 nitrogen and oxygen atoms in total. The molecule has 2 rings (SSSR count). The van der Waals surface area contributed by atoms with Crippen molar-refractivity contribution in [1.82, 2.24) is 15.6 Å². The van der Waals surface area contributed by atoms with Crippen LogP contribution in [0.2, 0.25) is 0 Å². The SMILES string of the molecule is CN=C(NCc1ncc(C)s1)NC(C)CCc1ccccc1.I. The van der Waals surface area contributed by atoms with Crippen LogP contribution in [0.15, 0.2) is 41.5 Å². The molecule has 0 aliphatic heterocycles. The van der Waals surface area contributed by atoms with Gasteiger partial charge in [0, 0.05) is 24.2 Å². The average Bonchev–Trinajstić information content (AvgIpc) is 2.96. The summed E-state index contributed by atoms with van der Waals surface area (Å²) in [6.07, 6.45) is 4.04. The maximum absolute atomic E-state index is 4.35. The van der Waals surface area contributed by atoms with Crippen molar-refractivity contribution in [2.24, 2.45) is 4.99 Å². The summed E-state index contributed by atoms with van der Waals surface area (Å²) in [5, 5.41) is 7.83. The Hall–Kier alpha value is -1.15. The quantitative estimate of drug-likeness (QED) is 0.405. The molecule has 0 aliphatic carbocycles. The van der Waals surface area contributed by atoms with Crippen LogP contribution >= 0.6 is 35.3 Å². The van der Waals surface area contributed by atoms with Gasteiger partial charge in [-0.05, 0) is 32.3 Å². The molecule has 1 heterocycles. The van der Waals surface area contributed by atoms with Crippen LogP contribution in [0.5, 0.6) is 0 Å². The summed E-state index contributed by atoms with van der Waals surface area (Å²) in [7, 11) is 1.80. The second-order valence-corrected chi connectivity index (χ2v) is 6.68. The second-order valence-electron chi connectivity index (χ2n) is 5.36. The lowest BCUT2D eigenvalue weighted by molar-refractivity contribution is 0.593. The van der Waals surface area contributed by atoms with Crippen LogP contribution in [0.25, 0.3) is 0 Å². The van der Waals surface area contributed by atoms with Gasteiger partial charge in [-0.15, -0.1) is 35.3 Å². The average molecular weight is 444 g/mol. The van der Waals surface area contributed by atoms with Crippen molar-refractivity contribution in [3.63, 3.8) is 0 Å². The zero-order chi connectivity index (χ0) is 15.8. The summed E-state index contributed by atoms with van der Waals surface area (Å²) in [6.45, 7) is 4.97. The normalized spacial score (nSPS) is 12.4. The number of halogens is 1. The number of nitrogens with zero attached hydrogens (tertiary/aromatic N) is 2. The summed E-state index contributed by atoms with van der Waals surface area (Å²) in [5.74, 6) is 0.827. The van der Waals surface area contributed by atoms with Crippen molar-refractivity contribution in [1.29, 1.82) is 0 Å². The molecule has 1 aromatic carbocycles. The van der Waals surface area contributed by atoms with Crippen molar-refractivity contribution in [2.75, 3.05) is 7.05 Å². The number of nitrogens with one attached hydrogen (secondary N) is 2. The molecule has 1 unspecified atom stereocenters. The minimum Gasteiger partial charge on any atom is -0.354 e. The molecule has 2 N–H and O–H groups in total. The van der Waals surface area contributed by atoms with Gasteiger partial charge in [0.15, 0.2) is 5.96 Å². The zero-order valence-corrected chi connectivity index (χ0v) is 17.0. The van der Waals surface area contributed by atoms with Crippen molar-refractivity contribution in [3.05, 3.63) is 52.0 Å². The number of hydrogen-bond donors (Lipinski definition) is 2. The molecule has 23 heavy (non-hydrogen) atoms. The highest BCUT2D eigenvalue weighted by atomic mass is 127. The van der Waals surface area contributed by atoms with E-state index >= 15 is 0 Å². The summed E-state index contributed by atoms with van der Waals surface area (Å²) < 4.78 is 0. The number of guanidine groups is 1. The van der Waals surface area contributed by atoms with Crippen molar-refractivity contribution >= 4 is 41.3 Å². The van der Waals surface area contributed by atoms with Crippen LogP contribution in [0.3, 0.4) is 0 Å². The molecular formula is C17H25IN4S. The molecule has 0 bridgehead atoms. The molecule has 6 heteroatoms. The fraction of sp³-hybridized carbons (Fsp3) is 0.412. The van der Waals surface area contributed by atoms with Gasteiger partial charge in [0.25, 0.3) is 0 Å². The van der Waals surface area contributed by atoms with E-state index in [-0.39, 0.29) is 24.0 Å². The zero-order valence-electron chi connectivity index (χ0n) is 13.9. The van der Waals surface area contributed by atoms with Crippen LogP contribution < -0.4 is 10.6 Å². The summed E-state index contributed by atoms with van der Waals surface area (Å²) in [4.78, 5) is 9.86. The van der Waals surface area contributed by atoms with Gasteiger partial charge in [0.2, 0.25) is 0 Å². The molecule has 2 aromatic rings. The van der Waals surface area contributed by atoms with E-state index in [0.717, 1.165) is 23.8 Å². The smallest absolute Gasteiger partial charge is 0.191 e. The predicted molar refractivity (Wildman–Crippen MR) is 110 cm³/mol. The summed E-state index contributed by atoms with van der Waals surface area (Å²) >= 11 is 1.71. The number of benzene rings is 1. The molecule has 0 saturated carbocycles. The Kier molecular flexibility index (Phi) is 9.16. The molecule has 0 fully saturated rings. The molecule has 126 valence electrons. The molecule has 0 saturated heterocycles. The first-order chi connectivity index (χ1) is 10.7. The minimum atomic E-state index is 0. The number of aliphatic imine (C=N–C) groups is 1. The van der Waals surface area contributed by atoms with E-state index in [4.69, 9.17) is 0 Å². The van der Waals surface area contributed by atoms with Crippen LogP contribution in [0, 0.1) is 6.92 Å². The van der Waals surface area contributed by atoms with Crippen LogP contribution in [0.4, 0.5) is 0 Å². The third kappa shape index (κ3) is 7.30. The van der Waals surface area contributed by atoms with Gasteiger partial charge >= 0.3 is 0 Å². The number of aryl methyl sites for hydroxylation is 2. The number of rotatable bonds is 6. The number of hydrogen-bond acceptors (Lipinski definition) is 3. The lowest BCUT2D eigenvalue weighted by atomic mass is 10.1. The van der Waals surface area contributed by atoms with E-state index in [1.54, 1.807) is 18.4 Å². The Morgan fingerprint density at radius 1 is 1.30 bits per heavy atom. The van der Waals surface area contributed by atoms with Crippen LogP contribution in [-0.4, -0.2) is 24.0 Å². The first-order valence-electron chi connectivity index (χ1n) is 7.60. The van der Waals surface area contributed by atoms with Crippen LogP contribution in [-0.2, 0) is 13.0 Å². The number of thiazole rings is 1. The van der Waals surface area contributed by atoms with Crippen molar-refractivity contribution < 1.29 is 0 Å². The Morgan fingerprint density at radius 3 is 2.65 bits per heavy atom. The first-order valence-corrected chi connectivity index (χ1v) is 8.41. The van der Waals surface area contributed by atoms with Gasteiger partial charge < -0.3 is 10.6 Å². The van der Waals surface area contributed by atoms with E-state index in [9.17, 15) is 0 Å². The van der Waals surface area contributed by atoms with Gasteiger partial charge in [0.05, 0.1) is 6.54 Å². The largest absolute Gasteiger partial charge is 0.354 e. The van der Waals surface area contributed by atoms with E-state index in [1.165, 1.54) is 10.4 Å². The highest BCUT2D eigenvalue weighted by Gasteiger charge is 2.06. The van der Waals surface area contributed by atoms with Crippen molar-refractivity contribution in [3.8, 4) is 0 Å². The second kappa shape index (κ2) is 10.6. The Labute approximate surface area is 159 Å². The predicted octanol–water partition coefficient (Wildman–Crippen LogP) is 3.76. The topological polar surface area (TPSA) is 49.3 Å². The van der Waals surface area contributed by atoms with E-state index in [2.05, 4.69) is 64.8 Å². The van der Waals surface area contributed by atoms with Gasteiger partial charge in [-0.3, -0.25) is 4.99 Å². The van der Waals surface area contributed by atoms with Gasteiger partial charge in [-0.2, -0.15) is 0 Å². The molecular weight excluding hydrogens is 419 g/mol. The molecule has 0 aliphatic rings. The Morgan fingerprint density at radius 2 is 2.04 bits per heavy atom. The highest BCUT2D eigenvalue weighted by molar-refractivity contribution is 14.0. The van der Waals surface area contributed by atoms with E-state index in [1.807, 2.05) is 6.20 Å². The minimum absolute atomic E-state index is 0. The molecule has 1 aromatic heterocycles. The lowest BCUT2D eigenvalue weighted by Crippen LogP contribution is -2.42. The van der Waals surface area contributed by atoms with Crippen molar-refractivity contribution in [2.45, 2.75) is 39.3 Å². The van der Waals surface area contributed by atoms with E-state index < -0.39 is 0 Å². The maximum Gasteiger partial charge on any atom is 0.191 e. The standard InChI is InChI=1S/C17H24N4S.HI/c1-13(9-10-15-7-5-4-6-8-15)21-17(18-3)20-12-16-19-11-14(2)22-16;/h4-8,11,13H,9-10,12H2,1-3H3,(H2,18,20,21);1H.